The van der Waals surface area contributed by atoms with E-state index in [2.05, 4.69) is 24.1 Å². The summed E-state index contributed by atoms with van der Waals surface area (Å²) in [7, 11) is 7.11. The Hall–Kier alpha value is -3.36. The second-order valence-electron chi connectivity index (χ2n) is 9.50. The maximum absolute atomic E-state index is 12.7. The van der Waals surface area contributed by atoms with Crippen molar-refractivity contribution in [2.75, 3.05) is 53.0 Å². The summed E-state index contributed by atoms with van der Waals surface area (Å²) in [5.74, 6) is 2.90. The largest absolute Gasteiger partial charge is 0.493 e. The van der Waals surface area contributed by atoms with Gasteiger partial charge in [0.05, 0.1) is 33.6 Å². The molecule has 39 heavy (non-hydrogen) atoms. The maximum Gasteiger partial charge on any atom is 0.225 e. The van der Waals surface area contributed by atoms with E-state index in [0.717, 1.165) is 60.0 Å². The van der Waals surface area contributed by atoms with E-state index in [-0.39, 0.29) is 11.3 Å². The van der Waals surface area contributed by atoms with Crippen LogP contribution in [-0.2, 0) is 11.2 Å². The molecule has 3 aromatic rings. The van der Waals surface area contributed by atoms with Crippen LogP contribution in [0.15, 0.2) is 65.6 Å². The average Bonchev–Trinajstić information content (AvgIpc) is 3.35. The Balaban J connectivity index is 1.32. The van der Waals surface area contributed by atoms with Gasteiger partial charge in [-0.3, -0.25) is 9.69 Å². The van der Waals surface area contributed by atoms with Gasteiger partial charge in [-0.25, -0.2) is 0 Å². The van der Waals surface area contributed by atoms with Gasteiger partial charge in [0.25, 0.3) is 0 Å². The molecule has 0 bridgehead atoms. The van der Waals surface area contributed by atoms with E-state index >= 15 is 0 Å². The summed E-state index contributed by atoms with van der Waals surface area (Å²) in [5.41, 5.74) is 3.10. The van der Waals surface area contributed by atoms with Crippen LogP contribution in [0.3, 0.4) is 0 Å². The Labute approximate surface area is 236 Å². The number of benzene rings is 3. The van der Waals surface area contributed by atoms with E-state index in [1.807, 2.05) is 53.4 Å². The lowest BCUT2D eigenvalue weighted by atomic mass is 10.1. The molecule has 1 atom stereocenters. The first-order chi connectivity index (χ1) is 19.0. The van der Waals surface area contributed by atoms with E-state index in [1.54, 1.807) is 40.0 Å². The van der Waals surface area contributed by atoms with E-state index < -0.39 is 0 Å². The summed E-state index contributed by atoms with van der Waals surface area (Å²) in [5, 5.41) is -0.201. The number of hydrogen-bond donors (Lipinski definition) is 0. The Morgan fingerprint density at radius 3 is 2.41 bits per heavy atom. The molecule has 0 radical (unpaired) electrons. The van der Waals surface area contributed by atoms with Crippen molar-refractivity contribution in [3.63, 3.8) is 0 Å². The Bertz CT molecular complexity index is 1270. The summed E-state index contributed by atoms with van der Waals surface area (Å²) in [6.45, 7) is 4.11. The molecule has 3 aromatic carbocycles. The molecule has 1 aliphatic heterocycles. The molecule has 1 unspecified atom stereocenters. The Morgan fingerprint density at radius 2 is 1.67 bits per heavy atom. The van der Waals surface area contributed by atoms with Crippen molar-refractivity contribution in [1.29, 1.82) is 0 Å². The third kappa shape index (κ3) is 6.81. The van der Waals surface area contributed by atoms with Gasteiger partial charge in [0.1, 0.15) is 5.37 Å². The van der Waals surface area contributed by atoms with Crippen LogP contribution in [0.2, 0.25) is 0 Å². The number of para-hydroxylation sites is 2. The zero-order chi connectivity index (χ0) is 27.8. The third-order valence-electron chi connectivity index (χ3n) is 6.84. The number of unbranched alkanes of at least 4 members (excludes halogenated alkanes) is 1. The number of methoxy groups -OCH3 is 3. The molecule has 0 fully saturated rings. The zero-order valence-corrected chi connectivity index (χ0v) is 24.3. The number of likely N-dealkylation sites (N-methyl/N-ethyl adjacent to an activating group) is 1. The molecule has 0 saturated heterocycles. The van der Waals surface area contributed by atoms with Crippen LogP contribution in [0.5, 0.6) is 23.0 Å². The van der Waals surface area contributed by atoms with E-state index in [0.29, 0.717) is 18.1 Å². The van der Waals surface area contributed by atoms with Crippen molar-refractivity contribution in [3.05, 3.63) is 71.8 Å². The van der Waals surface area contributed by atoms with Crippen molar-refractivity contribution < 1.29 is 23.7 Å². The van der Waals surface area contributed by atoms with Crippen LogP contribution in [0.1, 0.15) is 36.3 Å². The van der Waals surface area contributed by atoms with Gasteiger partial charge in [-0.2, -0.15) is 0 Å². The monoisotopic (exact) mass is 550 g/mol. The van der Waals surface area contributed by atoms with Crippen LogP contribution in [0, 0.1) is 0 Å². The highest BCUT2D eigenvalue weighted by Gasteiger charge is 2.36. The Kier molecular flexibility index (Phi) is 10.0. The number of ether oxygens (including phenoxy) is 4. The van der Waals surface area contributed by atoms with Crippen LogP contribution < -0.4 is 23.8 Å². The first-order valence-corrected chi connectivity index (χ1v) is 14.1. The highest BCUT2D eigenvalue weighted by atomic mass is 32.2. The van der Waals surface area contributed by atoms with Crippen molar-refractivity contribution >= 4 is 23.4 Å². The molecule has 0 N–H and O–H groups in total. The van der Waals surface area contributed by atoms with Crippen LogP contribution in [0.4, 0.5) is 5.69 Å². The number of amides is 1. The van der Waals surface area contributed by atoms with E-state index in [1.165, 1.54) is 5.56 Å². The van der Waals surface area contributed by atoms with E-state index in [4.69, 9.17) is 18.9 Å². The highest BCUT2D eigenvalue weighted by Crippen LogP contribution is 2.54. The normalized spacial score (nSPS) is 14.3. The molecular weight excluding hydrogens is 512 g/mol. The molecule has 1 amide bonds. The minimum Gasteiger partial charge on any atom is -0.493 e. The lowest BCUT2D eigenvalue weighted by Gasteiger charge is -2.26. The fourth-order valence-corrected chi connectivity index (χ4v) is 6.13. The van der Waals surface area contributed by atoms with Crippen LogP contribution >= 0.6 is 11.8 Å². The fourth-order valence-electron chi connectivity index (χ4n) is 4.76. The van der Waals surface area contributed by atoms with Crippen molar-refractivity contribution in [1.82, 2.24) is 4.90 Å². The predicted molar refractivity (Wildman–Crippen MR) is 157 cm³/mol. The maximum atomic E-state index is 12.7. The van der Waals surface area contributed by atoms with Gasteiger partial charge >= 0.3 is 0 Å². The molecule has 0 saturated carbocycles. The SMILES string of the molecule is COc1ccc(CCN(C)CCCCOc2c(OC)cccc2C2Sc3ccccc3N2C(C)=O)cc1OC. The van der Waals surface area contributed by atoms with Crippen LogP contribution in [-0.4, -0.2) is 58.9 Å². The zero-order valence-electron chi connectivity index (χ0n) is 23.4. The molecule has 4 rings (SSSR count). The number of nitrogens with zero attached hydrogens (tertiary/aromatic N) is 2. The van der Waals surface area contributed by atoms with Gasteiger partial charge < -0.3 is 23.8 Å². The van der Waals surface area contributed by atoms with Gasteiger partial charge in [0.15, 0.2) is 23.0 Å². The summed E-state index contributed by atoms with van der Waals surface area (Å²) < 4.78 is 22.7. The van der Waals surface area contributed by atoms with Crippen LogP contribution in [0.25, 0.3) is 0 Å². The van der Waals surface area contributed by atoms with Gasteiger partial charge in [0, 0.05) is 23.9 Å². The molecular formula is C31H38N2O5S. The number of thioether (sulfide) groups is 1. The van der Waals surface area contributed by atoms with Gasteiger partial charge in [-0.1, -0.05) is 42.1 Å². The van der Waals surface area contributed by atoms with Crippen molar-refractivity contribution in [2.45, 2.75) is 36.5 Å². The molecule has 0 spiro atoms. The quantitative estimate of drug-likeness (QED) is 0.235. The summed E-state index contributed by atoms with van der Waals surface area (Å²) >= 11 is 1.66. The van der Waals surface area contributed by atoms with E-state index in [9.17, 15) is 4.79 Å². The number of fused-ring (bicyclic) bond motifs is 1. The molecule has 0 aromatic heterocycles. The lowest BCUT2D eigenvalue weighted by Crippen LogP contribution is -2.28. The molecule has 208 valence electrons. The number of anilines is 1. The smallest absolute Gasteiger partial charge is 0.225 e. The predicted octanol–water partition coefficient (Wildman–Crippen LogP) is 6.20. The molecule has 7 nitrogen and oxygen atoms in total. The van der Waals surface area contributed by atoms with Crippen molar-refractivity contribution in [2.24, 2.45) is 0 Å². The minimum atomic E-state index is -0.201. The summed E-state index contributed by atoms with van der Waals surface area (Å²) in [6, 6.07) is 20.0. The summed E-state index contributed by atoms with van der Waals surface area (Å²) in [6.07, 6.45) is 2.86. The molecule has 1 aliphatic rings. The topological polar surface area (TPSA) is 60.5 Å². The number of rotatable bonds is 13. The number of carbonyl (C=O) groups is 1. The molecule has 8 heteroatoms. The number of hydrogen-bond acceptors (Lipinski definition) is 7. The lowest BCUT2D eigenvalue weighted by molar-refractivity contribution is -0.116. The fraction of sp³-hybridized carbons (Fsp3) is 0.387. The first-order valence-electron chi connectivity index (χ1n) is 13.2. The molecule has 0 aliphatic carbocycles. The standard InChI is InChI=1S/C31H38N2O5S/c1-22(34)33-25-12-6-7-14-29(25)39-31(33)24-11-10-13-27(36-4)30(24)38-20-9-8-18-32(2)19-17-23-15-16-26(35-3)28(21-23)37-5/h6-7,10-16,21,31H,8-9,17-20H2,1-5H3. The van der Waals surface area contributed by atoms with Gasteiger partial charge in [0.2, 0.25) is 5.91 Å². The second kappa shape index (κ2) is 13.6. The van der Waals surface area contributed by atoms with Gasteiger partial charge in [-0.05, 0) is 68.8 Å². The molecule has 1 heterocycles. The second-order valence-corrected chi connectivity index (χ2v) is 10.6. The Morgan fingerprint density at radius 1 is 0.897 bits per heavy atom. The van der Waals surface area contributed by atoms with Gasteiger partial charge in [-0.15, -0.1) is 0 Å². The first kappa shape index (κ1) is 28.6. The average molecular weight is 551 g/mol. The third-order valence-corrected chi connectivity index (χ3v) is 8.13. The highest BCUT2D eigenvalue weighted by molar-refractivity contribution is 8.00. The summed E-state index contributed by atoms with van der Waals surface area (Å²) in [4.78, 5) is 17.9. The minimum absolute atomic E-state index is 0.00217. The van der Waals surface area contributed by atoms with Crippen molar-refractivity contribution in [3.8, 4) is 23.0 Å². The number of carbonyl (C=O) groups excluding carboxylic acids is 1.